The van der Waals surface area contributed by atoms with Crippen LogP contribution in [0.3, 0.4) is 0 Å². The van der Waals surface area contributed by atoms with E-state index in [2.05, 4.69) is 10.3 Å². The summed E-state index contributed by atoms with van der Waals surface area (Å²) in [5, 5.41) is 11.4. The highest BCUT2D eigenvalue weighted by Crippen LogP contribution is 2.44. The number of ether oxygens (including phenoxy) is 3. The third-order valence-corrected chi connectivity index (χ3v) is 9.14. The van der Waals surface area contributed by atoms with Gasteiger partial charge < -0.3 is 24.4 Å². The third-order valence-electron chi connectivity index (χ3n) is 8.78. The number of alkyl halides is 6. The zero-order valence-corrected chi connectivity index (χ0v) is 31.4. The highest BCUT2D eigenvalue weighted by atomic mass is 32.1. The molecule has 1 N–H and O–H groups in total. The van der Waals surface area contributed by atoms with Gasteiger partial charge in [-0.05, 0) is 80.9 Å². The fraction of sp³-hybridized carbons (Fsp3) is 0.432. The summed E-state index contributed by atoms with van der Waals surface area (Å²) in [4.78, 5) is 30.9. The summed E-state index contributed by atoms with van der Waals surface area (Å²) in [5.41, 5.74) is -7.76. The molecule has 1 unspecified atom stereocenters. The van der Waals surface area contributed by atoms with E-state index in [4.69, 9.17) is 31.7 Å². The predicted molar refractivity (Wildman–Crippen MR) is 192 cm³/mol. The Hall–Kier alpha value is -4.86. The minimum Gasteiger partial charge on any atom is -0.491 e. The number of hydrogen-bond donors (Lipinski definition) is 1. The molecule has 10 nitrogen and oxygen atoms in total. The molecule has 1 aromatic heterocycles. The second-order valence-electron chi connectivity index (χ2n) is 14.0. The predicted octanol–water partition coefficient (Wildman–Crippen LogP) is 7.68. The maximum Gasteiger partial charge on any atom is 0.420 e. The zero-order chi connectivity index (χ0) is 41.1. The van der Waals surface area contributed by atoms with Gasteiger partial charge in [-0.15, -0.1) is 0 Å². The van der Waals surface area contributed by atoms with Gasteiger partial charge in [0.15, 0.2) is 10.9 Å². The van der Waals surface area contributed by atoms with E-state index in [1.807, 2.05) is 27.7 Å². The van der Waals surface area contributed by atoms with Gasteiger partial charge in [0.05, 0.1) is 60.3 Å². The van der Waals surface area contributed by atoms with Crippen LogP contribution in [0.5, 0.6) is 5.75 Å². The number of nitriles is 1. The van der Waals surface area contributed by atoms with Crippen molar-refractivity contribution in [3.8, 4) is 23.1 Å². The molecule has 2 amide bonds. The van der Waals surface area contributed by atoms with Gasteiger partial charge in [0.1, 0.15) is 30.1 Å². The van der Waals surface area contributed by atoms with Crippen molar-refractivity contribution in [1.82, 2.24) is 10.3 Å². The molecule has 1 fully saturated rings. The Labute approximate surface area is 318 Å². The molecule has 0 radical (unpaired) electrons. The van der Waals surface area contributed by atoms with Crippen LogP contribution in [0.4, 0.5) is 42.1 Å². The van der Waals surface area contributed by atoms with E-state index in [1.165, 1.54) is 44.2 Å². The van der Waals surface area contributed by atoms with E-state index in [0.29, 0.717) is 22.8 Å². The summed E-state index contributed by atoms with van der Waals surface area (Å²) in [6, 6.07) is 8.93. The number of pyridine rings is 1. The van der Waals surface area contributed by atoms with E-state index in [1.54, 1.807) is 0 Å². The molecule has 296 valence electrons. The Morgan fingerprint density at radius 2 is 1.60 bits per heavy atom. The molecule has 0 bridgehead atoms. The van der Waals surface area contributed by atoms with Gasteiger partial charge in [-0.25, -0.2) is 4.39 Å². The average molecular weight is 798 g/mol. The molecule has 0 aliphatic carbocycles. The summed E-state index contributed by atoms with van der Waals surface area (Å²) < 4.78 is 116. The van der Waals surface area contributed by atoms with Crippen molar-refractivity contribution in [1.29, 1.82) is 5.26 Å². The lowest BCUT2D eigenvalue weighted by Gasteiger charge is -2.30. The smallest absolute Gasteiger partial charge is 0.420 e. The van der Waals surface area contributed by atoms with Crippen molar-refractivity contribution in [3.05, 3.63) is 71.2 Å². The fourth-order valence-corrected chi connectivity index (χ4v) is 5.90. The van der Waals surface area contributed by atoms with Gasteiger partial charge in [0.2, 0.25) is 5.91 Å². The van der Waals surface area contributed by atoms with Gasteiger partial charge >= 0.3 is 12.4 Å². The van der Waals surface area contributed by atoms with Crippen LogP contribution >= 0.6 is 12.2 Å². The summed E-state index contributed by atoms with van der Waals surface area (Å²) >= 11 is 5.35. The lowest BCUT2D eigenvalue weighted by atomic mass is 9.88. The average Bonchev–Trinajstić information content (AvgIpc) is 3.26. The number of anilines is 2. The number of halogens is 7. The van der Waals surface area contributed by atoms with Crippen LogP contribution < -0.4 is 19.9 Å². The number of amides is 2. The van der Waals surface area contributed by atoms with E-state index in [-0.39, 0.29) is 61.6 Å². The normalized spacial score (nSPS) is 15.3. The monoisotopic (exact) mass is 797 g/mol. The van der Waals surface area contributed by atoms with Crippen molar-refractivity contribution in [2.24, 2.45) is 5.41 Å². The molecular weight excluding hydrogens is 759 g/mol. The highest BCUT2D eigenvalue weighted by Gasteiger charge is 2.52. The Morgan fingerprint density at radius 3 is 2.18 bits per heavy atom. The first kappa shape index (κ1) is 42.9. The SMILES string of the molecule is CC(NC(=O)COCCOCCOc1ccc(-c2ncc(N3C(=S)N(c4ccc(C#N)c(C(F)(F)F)c4F)C(=O)C3(C)C)cc2C(F)(F)F)cc1)C(C)(C)C. The topological polar surface area (TPSA) is 117 Å². The molecule has 4 rings (SSSR count). The molecule has 1 atom stereocenters. The number of carbonyl (C=O) groups excluding carboxylic acids is 2. The van der Waals surface area contributed by atoms with Crippen molar-refractivity contribution in [2.45, 2.75) is 65.5 Å². The van der Waals surface area contributed by atoms with Gasteiger partial charge in [-0.3, -0.25) is 19.5 Å². The number of rotatable bonds is 13. The molecule has 2 aromatic carbocycles. The van der Waals surface area contributed by atoms with Crippen LogP contribution in [0.2, 0.25) is 0 Å². The second-order valence-corrected chi connectivity index (χ2v) is 14.4. The van der Waals surface area contributed by atoms with Crippen LogP contribution in [0.15, 0.2) is 48.7 Å². The number of carbonyl (C=O) groups is 2. The molecule has 0 spiro atoms. The Bertz CT molecular complexity index is 1960. The first-order chi connectivity index (χ1) is 25.5. The van der Waals surface area contributed by atoms with Crippen LogP contribution in [0.1, 0.15) is 58.2 Å². The number of thiocarbonyl (C=S) groups is 1. The fourth-order valence-electron chi connectivity index (χ4n) is 5.38. The number of hydrogen-bond acceptors (Lipinski definition) is 8. The molecular formula is C37H38F7N5O5S. The Kier molecular flexibility index (Phi) is 12.8. The minimum absolute atomic E-state index is 0.0377. The maximum atomic E-state index is 15.4. The second kappa shape index (κ2) is 16.5. The van der Waals surface area contributed by atoms with E-state index in [0.717, 1.165) is 17.2 Å². The largest absolute Gasteiger partial charge is 0.491 e. The van der Waals surface area contributed by atoms with Crippen molar-refractivity contribution < 1.29 is 54.5 Å². The maximum absolute atomic E-state index is 15.4. The van der Waals surface area contributed by atoms with E-state index < -0.39 is 62.8 Å². The van der Waals surface area contributed by atoms with Crippen LogP contribution in [-0.4, -0.2) is 66.5 Å². The Morgan fingerprint density at radius 1 is 0.982 bits per heavy atom. The molecule has 1 aliphatic heterocycles. The molecule has 1 aliphatic rings. The summed E-state index contributed by atoms with van der Waals surface area (Å²) in [7, 11) is 0. The van der Waals surface area contributed by atoms with Gasteiger partial charge in [0, 0.05) is 11.6 Å². The first-order valence-electron chi connectivity index (χ1n) is 16.7. The van der Waals surface area contributed by atoms with Gasteiger partial charge in [-0.2, -0.15) is 31.6 Å². The standard InChI is InChI=1S/C37H38F7N5O5S/c1-21(34(2,3)4)47-28(50)20-53-14-13-52-15-16-54-25-10-7-22(8-11-25)31-26(36(39,40)41)17-24(19-46-31)49-33(55)48(32(51)35(49,5)6)27-12-9-23(18-45)29(30(27)38)37(42,43)44/h7-12,17,19,21H,13-16,20H2,1-6H3,(H,47,50). The zero-order valence-electron chi connectivity index (χ0n) is 30.6. The highest BCUT2D eigenvalue weighted by molar-refractivity contribution is 7.81. The Balaban J connectivity index is 1.44. The van der Waals surface area contributed by atoms with E-state index in [9.17, 15) is 35.9 Å². The van der Waals surface area contributed by atoms with Crippen molar-refractivity contribution >= 4 is 40.5 Å². The summed E-state index contributed by atoms with van der Waals surface area (Å²) in [6.07, 6.45) is -9.27. The first-order valence-corrected chi connectivity index (χ1v) is 17.1. The molecule has 3 aromatic rings. The third kappa shape index (κ3) is 9.69. The summed E-state index contributed by atoms with van der Waals surface area (Å²) in [5.74, 6) is -2.90. The minimum atomic E-state index is -5.31. The van der Waals surface area contributed by atoms with Crippen LogP contribution in [0.25, 0.3) is 11.3 Å². The molecule has 2 heterocycles. The number of nitrogens with zero attached hydrogens (tertiary/aromatic N) is 4. The van der Waals surface area contributed by atoms with Crippen LogP contribution in [-0.2, 0) is 31.4 Å². The van der Waals surface area contributed by atoms with E-state index >= 15 is 4.39 Å². The molecule has 18 heteroatoms. The quantitative estimate of drug-likeness (QED) is 0.106. The number of benzene rings is 2. The van der Waals surface area contributed by atoms with Gasteiger partial charge in [0.25, 0.3) is 5.91 Å². The molecule has 1 saturated heterocycles. The van der Waals surface area contributed by atoms with Crippen molar-refractivity contribution in [3.63, 3.8) is 0 Å². The molecule has 55 heavy (non-hydrogen) atoms. The van der Waals surface area contributed by atoms with Gasteiger partial charge in [-0.1, -0.05) is 20.8 Å². The lowest BCUT2D eigenvalue weighted by molar-refractivity contribution is -0.140. The summed E-state index contributed by atoms with van der Waals surface area (Å²) in [6.45, 7) is 11.0. The van der Waals surface area contributed by atoms with Crippen molar-refractivity contribution in [2.75, 3.05) is 42.8 Å². The number of nitrogens with one attached hydrogen (secondary N) is 1. The van der Waals surface area contributed by atoms with Crippen LogP contribution in [0, 0.1) is 22.6 Å². The number of aromatic nitrogens is 1. The molecule has 0 saturated carbocycles. The lowest BCUT2D eigenvalue weighted by Crippen LogP contribution is -2.44.